The molecule has 15 heavy (non-hydrogen) atoms. The van der Waals surface area contributed by atoms with Crippen LogP contribution in [0.5, 0.6) is 0 Å². The Morgan fingerprint density at radius 2 is 2.47 bits per heavy atom. The lowest BCUT2D eigenvalue weighted by molar-refractivity contribution is -0.150. The molecule has 2 unspecified atom stereocenters. The fraction of sp³-hybridized carbons (Fsp3) is 0.750. The van der Waals surface area contributed by atoms with E-state index < -0.39 is 5.54 Å². The highest BCUT2D eigenvalue weighted by Gasteiger charge is 2.48. The van der Waals surface area contributed by atoms with Crippen LogP contribution in [0, 0.1) is 18.3 Å². The Morgan fingerprint density at radius 1 is 1.73 bits per heavy atom. The minimum atomic E-state index is -0.532. The van der Waals surface area contributed by atoms with E-state index in [4.69, 9.17) is 11.2 Å². The molecule has 0 spiro atoms. The monoisotopic (exact) mass is 209 g/mol. The Bertz CT molecular complexity index is 269. The second-order valence-electron chi connectivity index (χ2n) is 4.02. The third-order valence-electron chi connectivity index (χ3n) is 3.37. The fourth-order valence-corrected chi connectivity index (χ4v) is 2.59. The Kier molecular flexibility index (Phi) is 4.16. The van der Waals surface area contributed by atoms with E-state index in [1.54, 1.807) is 0 Å². The first-order chi connectivity index (χ1) is 7.21. The van der Waals surface area contributed by atoms with Gasteiger partial charge in [0.15, 0.2) is 0 Å². The van der Waals surface area contributed by atoms with E-state index >= 15 is 0 Å². The van der Waals surface area contributed by atoms with Crippen LogP contribution in [-0.2, 0) is 9.53 Å². The summed E-state index contributed by atoms with van der Waals surface area (Å²) in [7, 11) is 1.44. The van der Waals surface area contributed by atoms with Crippen LogP contribution < -0.4 is 5.32 Å². The average molecular weight is 209 g/mol. The summed E-state index contributed by atoms with van der Waals surface area (Å²) in [4.78, 5) is 11.9. The van der Waals surface area contributed by atoms with Crippen molar-refractivity contribution in [2.45, 2.75) is 38.1 Å². The lowest BCUT2D eigenvalue weighted by atomic mass is 9.85. The summed E-state index contributed by atoms with van der Waals surface area (Å²) < 4.78 is 4.90. The number of ether oxygens (including phenoxy) is 1. The summed E-state index contributed by atoms with van der Waals surface area (Å²) in [6.45, 7) is 2.52. The van der Waals surface area contributed by atoms with Crippen LogP contribution in [0.4, 0.5) is 0 Å². The minimum Gasteiger partial charge on any atom is -0.468 e. The number of nitrogens with one attached hydrogen (secondary N) is 1. The van der Waals surface area contributed by atoms with Crippen LogP contribution in [-0.4, -0.2) is 25.2 Å². The molecular weight excluding hydrogens is 190 g/mol. The van der Waals surface area contributed by atoms with Gasteiger partial charge in [0.2, 0.25) is 0 Å². The van der Waals surface area contributed by atoms with Crippen molar-refractivity contribution in [3.05, 3.63) is 0 Å². The topological polar surface area (TPSA) is 38.3 Å². The van der Waals surface area contributed by atoms with Gasteiger partial charge in [0.05, 0.1) is 13.7 Å². The zero-order valence-corrected chi connectivity index (χ0v) is 9.51. The van der Waals surface area contributed by atoms with E-state index in [0.717, 1.165) is 25.7 Å². The summed E-state index contributed by atoms with van der Waals surface area (Å²) in [5.41, 5.74) is -0.532. The van der Waals surface area contributed by atoms with Crippen LogP contribution in [0.1, 0.15) is 32.6 Å². The Hall–Kier alpha value is -1.01. The Morgan fingerprint density at radius 3 is 3.00 bits per heavy atom. The smallest absolute Gasteiger partial charge is 0.326 e. The first-order valence-electron chi connectivity index (χ1n) is 5.48. The highest BCUT2D eigenvalue weighted by Crippen LogP contribution is 2.38. The van der Waals surface area contributed by atoms with Crippen LogP contribution in [0.25, 0.3) is 0 Å². The van der Waals surface area contributed by atoms with Gasteiger partial charge in [-0.05, 0) is 18.8 Å². The van der Waals surface area contributed by atoms with E-state index in [1.165, 1.54) is 7.11 Å². The molecule has 0 heterocycles. The molecule has 1 aliphatic carbocycles. The van der Waals surface area contributed by atoms with Gasteiger partial charge >= 0.3 is 5.97 Å². The van der Waals surface area contributed by atoms with Crippen molar-refractivity contribution < 1.29 is 9.53 Å². The van der Waals surface area contributed by atoms with Gasteiger partial charge in [-0.2, -0.15) is 0 Å². The molecule has 0 amide bonds. The molecule has 2 atom stereocenters. The van der Waals surface area contributed by atoms with Crippen LogP contribution >= 0.6 is 0 Å². The molecule has 1 N–H and O–H groups in total. The van der Waals surface area contributed by atoms with Gasteiger partial charge < -0.3 is 4.74 Å². The molecule has 1 saturated carbocycles. The van der Waals surface area contributed by atoms with Gasteiger partial charge in [0, 0.05) is 0 Å². The number of carbonyl (C=O) groups is 1. The molecule has 0 aromatic rings. The second-order valence-corrected chi connectivity index (χ2v) is 4.02. The second kappa shape index (κ2) is 5.18. The van der Waals surface area contributed by atoms with Crippen molar-refractivity contribution >= 4 is 5.97 Å². The van der Waals surface area contributed by atoms with E-state index in [9.17, 15) is 4.79 Å². The zero-order valence-electron chi connectivity index (χ0n) is 9.51. The summed E-state index contributed by atoms with van der Waals surface area (Å²) in [6, 6.07) is 0. The average Bonchev–Trinajstić information content (AvgIpc) is 2.69. The summed E-state index contributed by atoms with van der Waals surface area (Å²) in [6.07, 6.45) is 9.17. The molecular formula is C12H19NO2. The molecule has 0 aliphatic heterocycles. The highest BCUT2D eigenvalue weighted by molar-refractivity contribution is 5.81. The maximum Gasteiger partial charge on any atom is 0.326 e. The lowest BCUT2D eigenvalue weighted by Gasteiger charge is -2.32. The van der Waals surface area contributed by atoms with Crippen LogP contribution in [0.15, 0.2) is 0 Å². The predicted octanol–water partition coefficient (Wildman–Crippen LogP) is 1.33. The van der Waals surface area contributed by atoms with Crippen LogP contribution in [0.2, 0.25) is 0 Å². The van der Waals surface area contributed by atoms with E-state index in [-0.39, 0.29) is 5.97 Å². The molecule has 0 bridgehead atoms. The SMILES string of the molecule is C#CCNC1(C(=O)OC)CCCC1CC. The molecule has 1 aliphatic rings. The summed E-state index contributed by atoms with van der Waals surface area (Å²) in [5.74, 6) is 2.71. The van der Waals surface area contributed by atoms with Crippen molar-refractivity contribution in [1.82, 2.24) is 5.32 Å². The van der Waals surface area contributed by atoms with Gasteiger partial charge in [0.1, 0.15) is 5.54 Å². The van der Waals surface area contributed by atoms with Crippen molar-refractivity contribution in [2.24, 2.45) is 5.92 Å². The molecule has 0 saturated heterocycles. The van der Waals surface area contributed by atoms with Gasteiger partial charge in [0.25, 0.3) is 0 Å². The predicted molar refractivity (Wildman–Crippen MR) is 59.2 cm³/mol. The number of methoxy groups -OCH3 is 1. The van der Waals surface area contributed by atoms with Gasteiger partial charge in [-0.15, -0.1) is 6.42 Å². The zero-order chi connectivity index (χ0) is 11.3. The van der Waals surface area contributed by atoms with Crippen molar-refractivity contribution in [1.29, 1.82) is 0 Å². The number of hydrogen-bond donors (Lipinski definition) is 1. The fourth-order valence-electron chi connectivity index (χ4n) is 2.59. The van der Waals surface area contributed by atoms with E-state index in [0.29, 0.717) is 12.5 Å². The number of carbonyl (C=O) groups excluding carboxylic acids is 1. The molecule has 0 radical (unpaired) electrons. The van der Waals surface area contributed by atoms with Crippen molar-refractivity contribution in [3.63, 3.8) is 0 Å². The first-order valence-corrected chi connectivity index (χ1v) is 5.48. The van der Waals surface area contributed by atoms with Gasteiger partial charge in [-0.3, -0.25) is 10.1 Å². The maximum atomic E-state index is 11.9. The van der Waals surface area contributed by atoms with Crippen molar-refractivity contribution in [3.8, 4) is 12.3 Å². The minimum absolute atomic E-state index is 0.165. The van der Waals surface area contributed by atoms with Gasteiger partial charge in [-0.1, -0.05) is 25.7 Å². The quantitative estimate of drug-likeness (QED) is 0.561. The number of hydrogen-bond acceptors (Lipinski definition) is 3. The molecule has 1 fully saturated rings. The molecule has 0 aromatic carbocycles. The normalized spacial score (nSPS) is 29.8. The van der Waals surface area contributed by atoms with E-state index in [2.05, 4.69) is 18.2 Å². The van der Waals surface area contributed by atoms with Gasteiger partial charge in [-0.25, -0.2) is 0 Å². The maximum absolute atomic E-state index is 11.9. The molecule has 3 nitrogen and oxygen atoms in total. The number of rotatable bonds is 4. The van der Waals surface area contributed by atoms with Crippen LogP contribution in [0.3, 0.4) is 0 Å². The molecule has 3 heteroatoms. The largest absolute Gasteiger partial charge is 0.468 e. The summed E-state index contributed by atoms with van der Waals surface area (Å²) >= 11 is 0. The number of esters is 1. The third kappa shape index (κ3) is 2.15. The molecule has 1 rings (SSSR count). The first kappa shape index (κ1) is 12.1. The molecule has 0 aromatic heterocycles. The number of terminal acetylenes is 1. The third-order valence-corrected chi connectivity index (χ3v) is 3.37. The highest BCUT2D eigenvalue weighted by atomic mass is 16.5. The lowest BCUT2D eigenvalue weighted by Crippen LogP contribution is -2.55. The molecule has 84 valence electrons. The summed E-state index contributed by atoms with van der Waals surface area (Å²) in [5, 5.41) is 3.19. The Balaban J connectivity index is 2.85. The standard InChI is InChI=1S/C12H19NO2/c1-4-9-13-12(11(14)15-3)8-6-7-10(12)5-2/h1,10,13H,5-9H2,2-3H3. The Labute approximate surface area is 91.6 Å². The van der Waals surface area contributed by atoms with E-state index in [1.807, 2.05) is 0 Å². The van der Waals surface area contributed by atoms with Crippen molar-refractivity contribution in [2.75, 3.05) is 13.7 Å².